The van der Waals surface area contributed by atoms with Crippen LogP contribution in [0, 0.1) is 0 Å². The Morgan fingerprint density at radius 2 is 2.29 bits per heavy atom. The van der Waals surface area contributed by atoms with E-state index in [9.17, 15) is 0 Å². The van der Waals surface area contributed by atoms with Crippen LogP contribution in [-0.4, -0.2) is 7.05 Å². The average Bonchev–Trinajstić information content (AvgIpc) is 1.68. The van der Waals surface area contributed by atoms with E-state index in [2.05, 4.69) is 19.2 Å². The maximum Gasteiger partial charge on any atom is -0.0366 e. The van der Waals surface area contributed by atoms with Crippen LogP contribution < -0.4 is 0 Å². The van der Waals surface area contributed by atoms with Crippen molar-refractivity contribution < 1.29 is 0 Å². The van der Waals surface area contributed by atoms with Crippen LogP contribution >= 0.6 is 0 Å². The lowest BCUT2D eigenvalue weighted by molar-refractivity contribution is 1.10. The zero-order valence-electron chi connectivity index (χ0n) is 5.23. The van der Waals surface area contributed by atoms with Crippen molar-refractivity contribution in [3.63, 3.8) is 0 Å². The van der Waals surface area contributed by atoms with Gasteiger partial charge in [0.1, 0.15) is 0 Å². The van der Waals surface area contributed by atoms with Crippen LogP contribution in [0.5, 0.6) is 0 Å². The summed E-state index contributed by atoms with van der Waals surface area (Å²) in [5, 5.41) is 3.84. The van der Waals surface area contributed by atoms with Crippen molar-refractivity contribution in [1.82, 2.24) is 0 Å². The van der Waals surface area contributed by atoms with Gasteiger partial charge in [-0.2, -0.15) is 6.20 Å². The standard InChI is InChI=1S/C6H12N/c1-4-6(2)5-7-3/h5H,4H2,1-3H3/q-1. The normalized spacial score (nSPS) is 11.6. The zero-order valence-corrected chi connectivity index (χ0v) is 5.23. The summed E-state index contributed by atoms with van der Waals surface area (Å²) in [4.78, 5) is 0. The van der Waals surface area contributed by atoms with Crippen LogP contribution in [0.2, 0.25) is 0 Å². The fraction of sp³-hybridized carbons (Fsp3) is 0.667. The van der Waals surface area contributed by atoms with Gasteiger partial charge in [-0.1, -0.05) is 12.5 Å². The van der Waals surface area contributed by atoms with Crippen LogP contribution in [0.4, 0.5) is 0 Å². The van der Waals surface area contributed by atoms with E-state index in [-0.39, 0.29) is 0 Å². The molecule has 0 saturated carbocycles. The molecule has 0 fully saturated rings. The smallest absolute Gasteiger partial charge is 0.0366 e. The van der Waals surface area contributed by atoms with Crippen molar-refractivity contribution >= 4 is 0 Å². The predicted molar refractivity (Wildman–Crippen MR) is 33.3 cm³/mol. The molecular formula is C6H12N-. The van der Waals surface area contributed by atoms with Gasteiger partial charge in [0.25, 0.3) is 0 Å². The van der Waals surface area contributed by atoms with Gasteiger partial charge in [-0.15, -0.1) is 7.05 Å². The minimum Gasteiger partial charge on any atom is -0.693 e. The number of hydrogen-bond donors (Lipinski definition) is 0. The van der Waals surface area contributed by atoms with E-state index in [1.54, 1.807) is 7.05 Å². The minimum absolute atomic E-state index is 1.11. The fourth-order valence-electron chi connectivity index (χ4n) is 0.312. The van der Waals surface area contributed by atoms with Gasteiger partial charge >= 0.3 is 0 Å². The summed E-state index contributed by atoms with van der Waals surface area (Å²) in [6.07, 6.45) is 3.00. The molecule has 0 rings (SSSR count). The first kappa shape index (κ1) is 6.54. The van der Waals surface area contributed by atoms with E-state index in [0.717, 1.165) is 6.42 Å². The molecule has 0 saturated heterocycles. The van der Waals surface area contributed by atoms with Gasteiger partial charge in [0, 0.05) is 0 Å². The highest BCUT2D eigenvalue weighted by molar-refractivity contribution is 5.05. The van der Waals surface area contributed by atoms with Gasteiger partial charge in [0.05, 0.1) is 0 Å². The molecule has 1 heteroatoms. The number of allylic oxidation sites excluding steroid dienone is 1. The number of hydrogen-bond acceptors (Lipinski definition) is 0. The molecule has 0 aliphatic carbocycles. The lowest BCUT2D eigenvalue weighted by Gasteiger charge is -2.04. The molecule has 0 aromatic carbocycles. The summed E-state index contributed by atoms with van der Waals surface area (Å²) >= 11 is 0. The van der Waals surface area contributed by atoms with Crippen molar-refractivity contribution in [2.45, 2.75) is 20.3 Å². The van der Waals surface area contributed by atoms with Gasteiger partial charge in [-0.05, 0) is 13.3 Å². The molecule has 0 unspecified atom stereocenters. The molecule has 0 aromatic rings. The van der Waals surface area contributed by atoms with Gasteiger partial charge < -0.3 is 5.32 Å². The van der Waals surface area contributed by atoms with Crippen LogP contribution in [0.1, 0.15) is 20.3 Å². The maximum absolute atomic E-state index is 3.84. The van der Waals surface area contributed by atoms with Crippen LogP contribution in [0.25, 0.3) is 5.32 Å². The Balaban J connectivity index is 3.29. The molecule has 42 valence electrons. The molecule has 0 bridgehead atoms. The van der Waals surface area contributed by atoms with Crippen molar-refractivity contribution in [2.75, 3.05) is 7.05 Å². The minimum atomic E-state index is 1.11. The molecule has 0 radical (unpaired) electrons. The summed E-state index contributed by atoms with van der Waals surface area (Å²) in [7, 11) is 1.79. The zero-order chi connectivity index (χ0) is 5.70. The highest BCUT2D eigenvalue weighted by Gasteiger charge is 1.70. The van der Waals surface area contributed by atoms with Crippen molar-refractivity contribution in [3.05, 3.63) is 17.1 Å². The molecule has 0 spiro atoms. The highest BCUT2D eigenvalue weighted by Crippen LogP contribution is 1.98. The monoisotopic (exact) mass is 98.1 g/mol. The van der Waals surface area contributed by atoms with Gasteiger partial charge in [-0.25, -0.2) is 0 Å². The van der Waals surface area contributed by atoms with Crippen LogP contribution in [-0.2, 0) is 0 Å². The molecule has 0 N–H and O–H groups in total. The summed E-state index contributed by atoms with van der Waals surface area (Å²) in [6, 6.07) is 0. The van der Waals surface area contributed by atoms with E-state index in [1.807, 2.05) is 6.20 Å². The molecule has 0 aliphatic rings. The summed E-state index contributed by atoms with van der Waals surface area (Å²) in [6.45, 7) is 4.20. The SMILES string of the molecule is CCC(C)=C[N-]C. The second-order valence-electron chi connectivity index (χ2n) is 1.59. The Morgan fingerprint density at radius 3 is 2.43 bits per heavy atom. The average molecular weight is 98.2 g/mol. The van der Waals surface area contributed by atoms with Crippen LogP contribution in [0.3, 0.4) is 0 Å². The van der Waals surface area contributed by atoms with Crippen molar-refractivity contribution in [1.29, 1.82) is 0 Å². The summed E-state index contributed by atoms with van der Waals surface area (Å²) in [5.74, 6) is 0. The lowest BCUT2D eigenvalue weighted by atomic mass is 10.3. The Morgan fingerprint density at radius 1 is 1.71 bits per heavy atom. The fourth-order valence-corrected chi connectivity index (χ4v) is 0.312. The van der Waals surface area contributed by atoms with Gasteiger partial charge in [0.2, 0.25) is 0 Å². The van der Waals surface area contributed by atoms with E-state index < -0.39 is 0 Å². The topological polar surface area (TPSA) is 14.1 Å². The van der Waals surface area contributed by atoms with E-state index >= 15 is 0 Å². The third kappa shape index (κ3) is 3.37. The van der Waals surface area contributed by atoms with Crippen LogP contribution in [0.15, 0.2) is 11.8 Å². The Bertz CT molecular complexity index is 64.6. The summed E-state index contributed by atoms with van der Waals surface area (Å²) < 4.78 is 0. The second kappa shape index (κ2) is 3.72. The lowest BCUT2D eigenvalue weighted by Crippen LogP contribution is -1.67. The first-order valence-electron chi connectivity index (χ1n) is 2.55. The first-order chi connectivity index (χ1) is 3.31. The Hall–Kier alpha value is -0.460. The van der Waals surface area contributed by atoms with E-state index in [4.69, 9.17) is 0 Å². The third-order valence-corrected chi connectivity index (χ3v) is 0.907. The molecule has 7 heavy (non-hydrogen) atoms. The molecule has 0 amide bonds. The van der Waals surface area contributed by atoms with Crippen molar-refractivity contribution in [3.8, 4) is 0 Å². The first-order valence-corrected chi connectivity index (χ1v) is 2.55. The van der Waals surface area contributed by atoms with Gasteiger partial charge in [-0.3, -0.25) is 0 Å². The predicted octanol–water partition coefficient (Wildman–Crippen LogP) is 2.30. The third-order valence-electron chi connectivity index (χ3n) is 0.907. The van der Waals surface area contributed by atoms with Gasteiger partial charge in [0.15, 0.2) is 0 Å². The highest BCUT2D eigenvalue weighted by atomic mass is 14.8. The molecule has 0 heterocycles. The second-order valence-corrected chi connectivity index (χ2v) is 1.59. The Kier molecular flexibility index (Phi) is 3.48. The van der Waals surface area contributed by atoms with E-state index in [0.29, 0.717) is 0 Å². The molecule has 1 nitrogen and oxygen atoms in total. The molecule has 0 aliphatic heterocycles. The van der Waals surface area contributed by atoms with E-state index in [1.165, 1.54) is 5.57 Å². The molecule has 0 aromatic heterocycles. The summed E-state index contributed by atoms with van der Waals surface area (Å²) in [5.41, 5.74) is 1.34. The largest absolute Gasteiger partial charge is 0.693 e. The Labute approximate surface area is 45.4 Å². The number of rotatable bonds is 2. The molecular weight excluding hydrogens is 86.1 g/mol. The maximum atomic E-state index is 3.84. The number of nitrogens with zero attached hydrogens (tertiary/aromatic N) is 1. The quantitative estimate of drug-likeness (QED) is 0.503. The molecule has 0 atom stereocenters. The van der Waals surface area contributed by atoms with Crippen molar-refractivity contribution in [2.24, 2.45) is 0 Å².